The molecule has 5 heteroatoms. The van der Waals surface area contributed by atoms with E-state index >= 15 is 0 Å². The van der Waals surface area contributed by atoms with Crippen LogP contribution in [0.4, 0.5) is 0 Å². The smallest absolute Gasteiger partial charge is 0.330 e. The average molecular weight is 517 g/mol. The standard InChI is InChI=1S/C32H52O5/c1-20(9-8-16-30(3,4)35)24-12-13-25-22-10-11-26-23(19-29(34)36-7)28(37-21(2)33)15-18-32(26,6)27(22)14-17-31(24,25)5/h19-20,22,24-28,35H,8-18H2,1-7H3/b23-19+/t20-,22+,24-,25+,26+,27+,28+,31-,32+/m1/s1. The van der Waals surface area contributed by atoms with Crippen LogP contribution in [-0.4, -0.2) is 35.9 Å². The zero-order valence-electron chi connectivity index (χ0n) is 24.5. The molecule has 0 aliphatic heterocycles. The van der Waals surface area contributed by atoms with Crippen LogP contribution in [0.15, 0.2) is 11.6 Å². The van der Waals surface area contributed by atoms with Crippen LogP contribution in [0.2, 0.25) is 0 Å². The molecule has 0 saturated heterocycles. The van der Waals surface area contributed by atoms with E-state index in [1.807, 2.05) is 13.8 Å². The van der Waals surface area contributed by atoms with Crippen LogP contribution in [0, 0.1) is 46.3 Å². The largest absolute Gasteiger partial charge is 0.466 e. The van der Waals surface area contributed by atoms with E-state index < -0.39 is 5.60 Å². The summed E-state index contributed by atoms with van der Waals surface area (Å²) in [6.45, 7) is 12.9. The van der Waals surface area contributed by atoms with Gasteiger partial charge in [0, 0.05) is 13.0 Å². The SMILES string of the molecule is COC(=O)/C=C1/[C@@H](OC(C)=O)CC[C@@]2(C)[C@H]1CC[C@@H]1[C@@H]2CC[C@]2(C)[C@@H]([C@H](C)CCCC(C)(C)O)CC[C@@H]12. The maximum Gasteiger partial charge on any atom is 0.330 e. The molecule has 0 bridgehead atoms. The van der Waals surface area contributed by atoms with Gasteiger partial charge in [0.25, 0.3) is 0 Å². The molecule has 0 heterocycles. The first-order valence-electron chi connectivity index (χ1n) is 15.0. The molecule has 1 N–H and O–H groups in total. The number of hydrogen-bond acceptors (Lipinski definition) is 5. The second-order valence-corrected chi connectivity index (χ2v) is 14.2. The molecule has 37 heavy (non-hydrogen) atoms. The maximum absolute atomic E-state index is 12.3. The molecular formula is C32H52O5. The summed E-state index contributed by atoms with van der Waals surface area (Å²) < 4.78 is 10.7. The summed E-state index contributed by atoms with van der Waals surface area (Å²) in [6, 6.07) is 0. The molecule has 4 aliphatic rings. The molecule has 4 aliphatic carbocycles. The Balaban J connectivity index is 1.52. The summed E-state index contributed by atoms with van der Waals surface area (Å²) in [6.07, 6.45) is 13.9. The number of rotatable bonds is 7. The molecule has 9 atom stereocenters. The van der Waals surface area contributed by atoms with Crippen molar-refractivity contribution in [1.29, 1.82) is 0 Å². The third-order valence-electron chi connectivity index (χ3n) is 11.6. The van der Waals surface area contributed by atoms with Crippen molar-refractivity contribution < 1.29 is 24.2 Å². The van der Waals surface area contributed by atoms with Crippen molar-refractivity contribution in [1.82, 2.24) is 0 Å². The highest BCUT2D eigenvalue weighted by molar-refractivity contribution is 5.83. The maximum atomic E-state index is 12.3. The number of aliphatic hydroxyl groups is 1. The molecule has 210 valence electrons. The first kappa shape index (κ1) is 28.6. The van der Waals surface area contributed by atoms with Gasteiger partial charge in [-0.3, -0.25) is 4.79 Å². The van der Waals surface area contributed by atoms with E-state index in [1.54, 1.807) is 6.08 Å². The molecule has 4 saturated carbocycles. The third kappa shape index (κ3) is 5.54. The van der Waals surface area contributed by atoms with Gasteiger partial charge in [-0.05, 0) is 124 Å². The van der Waals surface area contributed by atoms with E-state index in [9.17, 15) is 14.7 Å². The Labute approximate surface area is 225 Å². The molecule has 0 aromatic heterocycles. The van der Waals surface area contributed by atoms with Gasteiger partial charge in [-0.25, -0.2) is 4.79 Å². The normalized spacial score (nSPS) is 41.4. The van der Waals surface area contributed by atoms with Crippen molar-refractivity contribution in [3.8, 4) is 0 Å². The van der Waals surface area contributed by atoms with E-state index in [4.69, 9.17) is 9.47 Å². The average Bonchev–Trinajstić information content (AvgIpc) is 3.16. The van der Waals surface area contributed by atoms with Crippen LogP contribution < -0.4 is 0 Å². The lowest BCUT2D eigenvalue weighted by Gasteiger charge is -2.61. The molecule has 0 unspecified atom stereocenters. The van der Waals surface area contributed by atoms with E-state index in [0.717, 1.165) is 55.4 Å². The van der Waals surface area contributed by atoms with Crippen LogP contribution in [-0.2, 0) is 19.1 Å². The lowest BCUT2D eigenvalue weighted by Crippen LogP contribution is -2.55. The Kier molecular flexibility index (Phi) is 8.25. The Morgan fingerprint density at radius 3 is 2.38 bits per heavy atom. The minimum absolute atomic E-state index is 0.136. The molecule has 4 fully saturated rings. The van der Waals surface area contributed by atoms with Crippen LogP contribution in [0.3, 0.4) is 0 Å². The number of carbonyl (C=O) groups excluding carboxylic acids is 2. The van der Waals surface area contributed by atoms with Gasteiger partial charge in [0.2, 0.25) is 0 Å². The number of esters is 2. The molecular weight excluding hydrogens is 464 g/mol. The Bertz CT molecular complexity index is 886. The summed E-state index contributed by atoms with van der Waals surface area (Å²) >= 11 is 0. The van der Waals surface area contributed by atoms with Crippen molar-refractivity contribution >= 4 is 11.9 Å². The predicted octanol–water partition coefficient (Wildman–Crippen LogP) is 6.86. The van der Waals surface area contributed by atoms with Crippen LogP contribution in [0.25, 0.3) is 0 Å². The fourth-order valence-electron chi connectivity index (χ4n) is 9.95. The monoisotopic (exact) mass is 516 g/mol. The lowest BCUT2D eigenvalue weighted by atomic mass is 9.43. The Morgan fingerprint density at radius 1 is 1.05 bits per heavy atom. The first-order chi connectivity index (χ1) is 17.3. The van der Waals surface area contributed by atoms with E-state index in [1.165, 1.54) is 52.6 Å². The van der Waals surface area contributed by atoms with Gasteiger partial charge in [-0.15, -0.1) is 0 Å². The molecule has 0 aromatic carbocycles. The topological polar surface area (TPSA) is 72.8 Å². The summed E-state index contributed by atoms with van der Waals surface area (Å²) in [4.78, 5) is 24.2. The Morgan fingerprint density at radius 2 is 1.73 bits per heavy atom. The number of ether oxygens (including phenoxy) is 2. The highest BCUT2D eigenvalue weighted by Crippen LogP contribution is 2.69. The minimum Gasteiger partial charge on any atom is -0.466 e. The van der Waals surface area contributed by atoms with Crippen molar-refractivity contribution in [2.45, 2.75) is 124 Å². The van der Waals surface area contributed by atoms with Gasteiger partial charge >= 0.3 is 11.9 Å². The number of hydrogen-bond donors (Lipinski definition) is 1. The van der Waals surface area contributed by atoms with Crippen LogP contribution >= 0.6 is 0 Å². The highest BCUT2D eigenvalue weighted by Gasteiger charge is 2.61. The van der Waals surface area contributed by atoms with E-state index in [2.05, 4.69) is 20.8 Å². The van der Waals surface area contributed by atoms with Gasteiger partial charge in [0.1, 0.15) is 6.10 Å². The van der Waals surface area contributed by atoms with E-state index in [0.29, 0.717) is 17.3 Å². The van der Waals surface area contributed by atoms with Gasteiger partial charge in [-0.2, -0.15) is 0 Å². The van der Waals surface area contributed by atoms with Gasteiger partial charge in [0.05, 0.1) is 12.7 Å². The summed E-state index contributed by atoms with van der Waals surface area (Å²) in [5.41, 5.74) is 0.978. The van der Waals surface area contributed by atoms with Crippen molar-refractivity contribution in [3.05, 3.63) is 11.6 Å². The fourth-order valence-corrected chi connectivity index (χ4v) is 9.95. The number of carbonyl (C=O) groups is 2. The molecule has 0 spiro atoms. The van der Waals surface area contributed by atoms with Gasteiger partial charge in [0.15, 0.2) is 0 Å². The predicted molar refractivity (Wildman–Crippen MR) is 146 cm³/mol. The van der Waals surface area contributed by atoms with Crippen molar-refractivity contribution in [3.63, 3.8) is 0 Å². The highest BCUT2D eigenvalue weighted by atomic mass is 16.5. The second-order valence-electron chi connectivity index (χ2n) is 14.2. The summed E-state index contributed by atoms with van der Waals surface area (Å²) in [5, 5.41) is 10.2. The van der Waals surface area contributed by atoms with Crippen molar-refractivity contribution in [2.75, 3.05) is 7.11 Å². The quantitative estimate of drug-likeness (QED) is 0.295. The number of fused-ring (bicyclic) bond motifs is 5. The lowest BCUT2D eigenvalue weighted by molar-refractivity contribution is -0.152. The summed E-state index contributed by atoms with van der Waals surface area (Å²) in [5.74, 6) is 3.33. The van der Waals surface area contributed by atoms with Crippen LogP contribution in [0.5, 0.6) is 0 Å². The van der Waals surface area contributed by atoms with Gasteiger partial charge < -0.3 is 14.6 Å². The molecule has 0 radical (unpaired) electrons. The molecule has 5 nitrogen and oxygen atoms in total. The van der Waals surface area contributed by atoms with Crippen LogP contribution in [0.1, 0.15) is 112 Å². The molecule has 4 rings (SSSR count). The number of methoxy groups -OCH3 is 1. The zero-order chi connectivity index (χ0) is 27.2. The third-order valence-corrected chi connectivity index (χ3v) is 11.6. The zero-order valence-corrected chi connectivity index (χ0v) is 24.5. The molecule has 0 amide bonds. The Hall–Kier alpha value is -1.36. The summed E-state index contributed by atoms with van der Waals surface area (Å²) in [7, 11) is 1.42. The van der Waals surface area contributed by atoms with Crippen molar-refractivity contribution in [2.24, 2.45) is 46.3 Å². The fraction of sp³-hybridized carbons (Fsp3) is 0.875. The van der Waals surface area contributed by atoms with E-state index in [-0.39, 0.29) is 29.4 Å². The van der Waals surface area contributed by atoms with Gasteiger partial charge in [-0.1, -0.05) is 33.6 Å². The molecule has 0 aromatic rings. The first-order valence-corrected chi connectivity index (χ1v) is 15.0. The minimum atomic E-state index is -0.566. The second kappa shape index (κ2) is 10.7.